The van der Waals surface area contributed by atoms with Gasteiger partial charge in [-0.25, -0.2) is 4.79 Å². The molecule has 1 saturated heterocycles. The minimum atomic E-state index is 0.135. The second kappa shape index (κ2) is 6.70. The van der Waals surface area contributed by atoms with Crippen LogP contribution in [0.1, 0.15) is 46.0 Å². The summed E-state index contributed by atoms with van der Waals surface area (Å²) in [5.41, 5.74) is 0. The molecule has 1 fully saturated rings. The monoisotopic (exact) mass is 212 g/mol. The second-order valence-electron chi connectivity index (χ2n) is 4.44. The SMILES string of the molecule is CCCCC(CC)CNC(=O)N1CCC1. The Labute approximate surface area is 93.2 Å². The molecule has 0 aliphatic carbocycles. The lowest BCUT2D eigenvalue weighted by atomic mass is 9.99. The van der Waals surface area contributed by atoms with Gasteiger partial charge in [0.25, 0.3) is 0 Å². The maximum atomic E-state index is 11.5. The van der Waals surface area contributed by atoms with Crippen LogP contribution >= 0.6 is 0 Å². The molecular weight excluding hydrogens is 188 g/mol. The average molecular weight is 212 g/mol. The summed E-state index contributed by atoms with van der Waals surface area (Å²) in [5.74, 6) is 0.662. The fourth-order valence-corrected chi connectivity index (χ4v) is 1.81. The topological polar surface area (TPSA) is 32.3 Å². The minimum absolute atomic E-state index is 0.135. The molecule has 1 rings (SSSR count). The van der Waals surface area contributed by atoms with Gasteiger partial charge < -0.3 is 10.2 Å². The summed E-state index contributed by atoms with van der Waals surface area (Å²) >= 11 is 0. The van der Waals surface area contributed by atoms with E-state index in [1.807, 2.05) is 4.90 Å². The van der Waals surface area contributed by atoms with Gasteiger partial charge in [-0.1, -0.05) is 33.1 Å². The number of hydrogen-bond acceptors (Lipinski definition) is 1. The third kappa shape index (κ3) is 4.10. The lowest BCUT2D eigenvalue weighted by Gasteiger charge is -2.31. The normalized spacial score (nSPS) is 17.1. The van der Waals surface area contributed by atoms with Gasteiger partial charge in [0.1, 0.15) is 0 Å². The Morgan fingerprint density at radius 3 is 2.60 bits per heavy atom. The summed E-state index contributed by atoms with van der Waals surface area (Å²) in [7, 11) is 0. The molecule has 1 N–H and O–H groups in total. The van der Waals surface area contributed by atoms with Crippen molar-refractivity contribution >= 4 is 6.03 Å². The first-order chi connectivity index (χ1) is 7.27. The zero-order valence-corrected chi connectivity index (χ0v) is 10.1. The van der Waals surface area contributed by atoms with Crippen LogP contribution < -0.4 is 5.32 Å². The third-order valence-corrected chi connectivity index (χ3v) is 3.23. The molecular formula is C12H24N2O. The molecule has 0 aromatic heterocycles. The van der Waals surface area contributed by atoms with Gasteiger partial charge >= 0.3 is 6.03 Å². The minimum Gasteiger partial charge on any atom is -0.338 e. The zero-order chi connectivity index (χ0) is 11.1. The Morgan fingerprint density at radius 1 is 1.40 bits per heavy atom. The van der Waals surface area contributed by atoms with Gasteiger partial charge in [0, 0.05) is 19.6 Å². The predicted octanol–water partition coefficient (Wildman–Crippen LogP) is 2.62. The number of amides is 2. The maximum Gasteiger partial charge on any atom is 0.317 e. The second-order valence-corrected chi connectivity index (χ2v) is 4.44. The van der Waals surface area contributed by atoms with Crippen LogP contribution in [0.4, 0.5) is 4.79 Å². The van der Waals surface area contributed by atoms with Gasteiger partial charge in [-0.2, -0.15) is 0 Å². The number of urea groups is 1. The van der Waals surface area contributed by atoms with E-state index in [4.69, 9.17) is 0 Å². The first kappa shape index (κ1) is 12.3. The van der Waals surface area contributed by atoms with E-state index in [1.54, 1.807) is 0 Å². The summed E-state index contributed by atoms with van der Waals surface area (Å²) in [6.07, 6.45) is 6.10. The lowest BCUT2D eigenvalue weighted by molar-refractivity contribution is 0.165. The van der Waals surface area contributed by atoms with Gasteiger partial charge in [-0.15, -0.1) is 0 Å². The molecule has 3 nitrogen and oxygen atoms in total. The van der Waals surface area contributed by atoms with Crippen LogP contribution in [0.3, 0.4) is 0 Å². The maximum absolute atomic E-state index is 11.5. The van der Waals surface area contributed by atoms with Crippen molar-refractivity contribution in [1.29, 1.82) is 0 Å². The number of likely N-dealkylation sites (tertiary alicyclic amines) is 1. The van der Waals surface area contributed by atoms with Gasteiger partial charge in [0.15, 0.2) is 0 Å². The van der Waals surface area contributed by atoms with Crippen molar-refractivity contribution in [3.8, 4) is 0 Å². The predicted molar refractivity (Wildman–Crippen MR) is 62.9 cm³/mol. The summed E-state index contributed by atoms with van der Waals surface area (Å²) < 4.78 is 0. The number of carbonyl (C=O) groups excluding carboxylic acids is 1. The van der Waals surface area contributed by atoms with Crippen molar-refractivity contribution in [1.82, 2.24) is 10.2 Å². The van der Waals surface area contributed by atoms with Crippen LogP contribution in [0.15, 0.2) is 0 Å². The molecule has 1 atom stereocenters. The molecule has 1 aliphatic heterocycles. The average Bonchev–Trinajstić information content (AvgIpc) is 2.15. The van der Waals surface area contributed by atoms with E-state index in [0.29, 0.717) is 5.92 Å². The highest BCUT2D eigenvalue weighted by molar-refractivity contribution is 5.74. The molecule has 0 saturated carbocycles. The number of nitrogens with one attached hydrogen (secondary N) is 1. The van der Waals surface area contributed by atoms with Crippen LogP contribution in [0.2, 0.25) is 0 Å². The van der Waals surface area contributed by atoms with E-state index in [0.717, 1.165) is 19.6 Å². The molecule has 0 aromatic rings. The Kier molecular flexibility index (Phi) is 5.51. The van der Waals surface area contributed by atoms with Crippen molar-refractivity contribution in [3.05, 3.63) is 0 Å². The van der Waals surface area contributed by atoms with Crippen LogP contribution in [0.5, 0.6) is 0 Å². The number of rotatable bonds is 6. The van der Waals surface area contributed by atoms with Gasteiger partial charge in [-0.05, 0) is 18.8 Å². The van der Waals surface area contributed by atoms with E-state index in [2.05, 4.69) is 19.2 Å². The van der Waals surface area contributed by atoms with Gasteiger partial charge in [0.2, 0.25) is 0 Å². The molecule has 0 bridgehead atoms. The Bertz CT molecular complexity index is 190. The number of nitrogens with zero attached hydrogens (tertiary/aromatic N) is 1. The van der Waals surface area contributed by atoms with Crippen molar-refractivity contribution in [2.24, 2.45) is 5.92 Å². The summed E-state index contributed by atoms with van der Waals surface area (Å²) in [4.78, 5) is 13.4. The smallest absolute Gasteiger partial charge is 0.317 e. The van der Waals surface area contributed by atoms with Crippen molar-refractivity contribution in [3.63, 3.8) is 0 Å². The van der Waals surface area contributed by atoms with Gasteiger partial charge in [0.05, 0.1) is 0 Å². The van der Waals surface area contributed by atoms with E-state index in [9.17, 15) is 4.79 Å². The molecule has 2 amide bonds. The van der Waals surface area contributed by atoms with Crippen molar-refractivity contribution < 1.29 is 4.79 Å². The quantitative estimate of drug-likeness (QED) is 0.721. The fraction of sp³-hybridized carbons (Fsp3) is 0.917. The van der Waals surface area contributed by atoms with Crippen LogP contribution in [0, 0.1) is 5.92 Å². The lowest BCUT2D eigenvalue weighted by Crippen LogP contribution is -2.48. The van der Waals surface area contributed by atoms with E-state index in [-0.39, 0.29) is 6.03 Å². The molecule has 1 heterocycles. The number of carbonyl (C=O) groups is 1. The van der Waals surface area contributed by atoms with E-state index in [1.165, 1.54) is 32.1 Å². The van der Waals surface area contributed by atoms with E-state index >= 15 is 0 Å². The number of unbranched alkanes of at least 4 members (excludes halogenated alkanes) is 1. The first-order valence-corrected chi connectivity index (χ1v) is 6.30. The Morgan fingerprint density at radius 2 is 2.13 bits per heavy atom. The highest BCUT2D eigenvalue weighted by atomic mass is 16.2. The Hall–Kier alpha value is -0.730. The zero-order valence-electron chi connectivity index (χ0n) is 10.1. The van der Waals surface area contributed by atoms with Crippen molar-refractivity contribution in [2.45, 2.75) is 46.0 Å². The van der Waals surface area contributed by atoms with Crippen LogP contribution in [0.25, 0.3) is 0 Å². The largest absolute Gasteiger partial charge is 0.338 e. The standard InChI is InChI=1S/C12H24N2O/c1-3-5-7-11(4-2)10-13-12(15)14-8-6-9-14/h11H,3-10H2,1-2H3,(H,13,15). The molecule has 1 unspecified atom stereocenters. The van der Waals surface area contributed by atoms with Crippen LogP contribution in [-0.4, -0.2) is 30.6 Å². The molecule has 15 heavy (non-hydrogen) atoms. The summed E-state index contributed by atoms with van der Waals surface area (Å²) in [5, 5.41) is 3.03. The van der Waals surface area contributed by atoms with Gasteiger partial charge in [-0.3, -0.25) is 0 Å². The highest BCUT2D eigenvalue weighted by Crippen LogP contribution is 2.12. The molecule has 0 spiro atoms. The van der Waals surface area contributed by atoms with E-state index < -0.39 is 0 Å². The van der Waals surface area contributed by atoms with Crippen LogP contribution in [-0.2, 0) is 0 Å². The first-order valence-electron chi connectivity index (χ1n) is 6.30. The molecule has 3 heteroatoms. The third-order valence-electron chi connectivity index (χ3n) is 3.23. The summed E-state index contributed by atoms with van der Waals surface area (Å²) in [6.45, 7) is 7.16. The molecule has 0 radical (unpaired) electrons. The number of hydrogen-bond donors (Lipinski definition) is 1. The van der Waals surface area contributed by atoms with Crippen molar-refractivity contribution in [2.75, 3.05) is 19.6 Å². The molecule has 1 aliphatic rings. The highest BCUT2D eigenvalue weighted by Gasteiger charge is 2.20. The fourth-order valence-electron chi connectivity index (χ4n) is 1.81. The Balaban J connectivity index is 2.12. The molecule has 88 valence electrons. The summed E-state index contributed by atoms with van der Waals surface area (Å²) in [6, 6.07) is 0.135. The molecule has 0 aromatic carbocycles.